The molecule has 0 spiro atoms. The first kappa shape index (κ1) is 11.0. The molecule has 0 unspecified atom stereocenters. The molecule has 2 nitrogen and oxygen atoms in total. The molecule has 0 fully saturated rings. The predicted molar refractivity (Wildman–Crippen MR) is 53.0 cm³/mol. The summed E-state index contributed by atoms with van der Waals surface area (Å²) in [7, 11) is 0. The molecule has 0 aliphatic carbocycles. The van der Waals surface area contributed by atoms with Crippen molar-refractivity contribution < 1.29 is 4.74 Å². The number of para-hydroxylation sites is 1. The van der Waals surface area contributed by atoms with Gasteiger partial charge < -0.3 is 10.5 Å². The molecule has 0 aliphatic heterocycles. The molecule has 0 aliphatic rings. The third-order valence-corrected chi connectivity index (χ3v) is 1.21. The van der Waals surface area contributed by atoms with Gasteiger partial charge in [0.15, 0.2) is 0 Å². The monoisotopic (exact) mass is 167 g/mol. The molecule has 1 aromatic carbocycles. The maximum absolute atomic E-state index is 5.36. The minimum atomic E-state index is 0.822. The largest absolute Gasteiger partial charge is 0.399 e. The van der Waals surface area contributed by atoms with Crippen LogP contribution >= 0.6 is 0 Å². The van der Waals surface area contributed by atoms with E-state index in [4.69, 9.17) is 10.5 Å². The van der Waals surface area contributed by atoms with Crippen molar-refractivity contribution in [3.05, 3.63) is 30.3 Å². The van der Waals surface area contributed by atoms with Crippen LogP contribution in [-0.2, 0) is 4.74 Å². The van der Waals surface area contributed by atoms with Gasteiger partial charge in [-0.15, -0.1) is 0 Å². The molecule has 12 heavy (non-hydrogen) atoms. The summed E-state index contributed by atoms with van der Waals surface area (Å²) in [6.45, 7) is 5.67. The summed E-state index contributed by atoms with van der Waals surface area (Å²) >= 11 is 0. The number of nitrogens with two attached hydrogens (primary N) is 1. The van der Waals surface area contributed by atoms with Crippen molar-refractivity contribution in [2.24, 2.45) is 0 Å². The lowest BCUT2D eigenvalue weighted by molar-refractivity contribution is 0.162. The third kappa shape index (κ3) is 7.09. The molecule has 0 amide bonds. The molecular formula is C10H17NO. The van der Waals surface area contributed by atoms with Gasteiger partial charge in [-0.25, -0.2) is 0 Å². The van der Waals surface area contributed by atoms with Gasteiger partial charge in [0.05, 0.1) is 0 Å². The second kappa shape index (κ2) is 8.08. The van der Waals surface area contributed by atoms with Crippen molar-refractivity contribution in [2.45, 2.75) is 13.8 Å². The van der Waals surface area contributed by atoms with E-state index >= 15 is 0 Å². The van der Waals surface area contributed by atoms with Gasteiger partial charge in [0.2, 0.25) is 0 Å². The fourth-order valence-corrected chi connectivity index (χ4v) is 0.657. The van der Waals surface area contributed by atoms with Gasteiger partial charge >= 0.3 is 0 Å². The molecule has 0 aromatic heterocycles. The summed E-state index contributed by atoms with van der Waals surface area (Å²) < 4.78 is 4.83. The van der Waals surface area contributed by atoms with Crippen LogP contribution in [0.4, 0.5) is 5.69 Å². The Labute approximate surface area is 74.4 Å². The van der Waals surface area contributed by atoms with Crippen LogP contribution in [0.3, 0.4) is 0 Å². The second-order valence-corrected chi connectivity index (χ2v) is 2.19. The highest BCUT2D eigenvalue weighted by atomic mass is 16.5. The number of ether oxygens (including phenoxy) is 1. The van der Waals surface area contributed by atoms with Crippen LogP contribution in [0.1, 0.15) is 13.8 Å². The average molecular weight is 167 g/mol. The summed E-state index contributed by atoms with van der Waals surface area (Å²) in [4.78, 5) is 0. The zero-order valence-electron chi connectivity index (χ0n) is 7.79. The van der Waals surface area contributed by atoms with E-state index in [1.54, 1.807) is 0 Å². The Morgan fingerprint density at radius 3 is 1.75 bits per heavy atom. The van der Waals surface area contributed by atoms with Crippen LogP contribution in [0, 0.1) is 0 Å². The standard InChI is InChI=1S/C6H7N.C4H10O/c7-6-4-2-1-3-5-6;1-3-5-4-2/h1-5H,7H2;3-4H2,1-2H3. The normalized spacial score (nSPS) is 8.50. The molecule has 2 N–H and O–H groups in total. The van der Waals surface area contributed by atoms with Crippen LogP contribution in [-0.4, -0.2) is 13.2 Å². The Balaban J connectivity index is 0.000000217. The number of anilines is 1. The quantitative estimate of drug-likeness (QED) is 0.686. The Morgan fingerprint density at radius 1 is 1.08 bits per heavy atom. The fourth-order valence-electron chi connectivity index (χ4n) is 0.657. The zero-order chi connectivity index (χ0) is 9.23. The van der Waals surface area contributed by atoms with Crippen molar-refractivity contribution in [3.63, 3.8) is 0 Å². The molecule has 1 aromatic rings. The van der Waals surface area contributed by atoms with Gasteiger partial charge in [-0.1, -0.05) is 18.2 Å². The Morgan fingerprint density at radius 2 is 1.58 bits per heavy atom. The van der Waals surface area contributed by atoms with E-state index in [0.717, 1.165) is 18.9 Å². The number of nitrogen functional groups attached to an aromatic ring is 1. The third-order valence-electron chi connectivity index (χ3n) is 1.21. The lowest BCUT2D eigenvalue weighted by atomic mass is 10.3. The van der Waals surface area contributed by atoms with E-state index in [1.807, 2.05) is 44.2 Å². The van der Waals surface area contributed by atoms with E-state index in [2.05, 4.69) is 0 Å². The summed E-state index contributed by atoms with van der Waals surface area (Å²) in [5.74, 6) is 0. The number of hydrogen-bond acceptors (Lipinski definition) is 2. The first-order valence-electron chi connectivity index (χ1n) is 4.19. The van der Waals surface area contributed by atoms with Crippen LogP contribution < -0.4 is 5.73 Å². The van der Waals surface area contributed by atoms with Crippen LogP contribution in [0.5, 0.6) is 0 Å². The zero-order valence-corrected chi connectivity index (χ0v) is 7.79. The number of rotatable bonds is 2. The van der Waals surface area contributed by atoms with Crippen molar-refractivity contribution in [2.75, 3.05) is 18.9 Å². The molecule has 68 valence electrons. The van der Waals surface area contributed by atoms with Crippen molar-refractivity contribution in [3.8, 4) is 0 Å². The van der Waals surface area contributed by atoms with Gasteiger partial charge in [-0.2, -0.15) is 0 Å². The van der Waals surface area contributed by atoms with E-state index in [0.29, 0.717) is 0 Å². The molecule has 0 heterocycles. The van der Waals surface area contributed by atoms with Crippen molar-refractivity contribution in [1.82, 2.24) is 0 Å². The van der Waals surface area contributed by atoms with Crippen LogP contribution in [0.25, 0.3) is 0 Å². The lowest BCUT2D eigenvalue weighted by Crippen LogP contribution is -1.84. The van der Waals surface area contributed by atoms with E-state index in [9.17, 15) is 0 Å². The summed E-state index contributed by atoms with van der Waals surface area (Å²) in [5.41, 5.74) is 6.18. The number of hydrogen-bond donors (Lipinski definition) is 1. The smallest absolute Gasteiger partial charge is 0.0437 e. The maximum Gasteiger partial charge on any atom is 0.0437 e. The van der Waals surface area contributed by atoms with E-state index in [1.165, 1.54) is 0 Å². The van der Waals surface area contributed by atoms with E-state index in [-0.39, 0.29) is 0 Å². The molecule has 0 radical (unpaired) electrons. The molecule has 0 saturated heterocycles. The summed E-state index contributed by atoms with van der Waals surface area (Å²) in [5, 5.41) is 0. The predicted octanol–water partition coefficient (Wildman–Crippen LogP) is 2.31. The van der Waals surface area contributed by atoms with Gasteiger partial charge in [0.25, 0.3) is 0 Å². The average Bonchev–Trinajstić information content (AvgIpc) is 2.08. The first-order chi connectivity index (χ1) is 5.81. The Kier molecular flexibility index (Phi) is 7.39. The van der Waals surface area contributed by atoms with Crippen LogP contribution in [0.15, 0.2) is 30.3 Å². The Hall–Kier alpha value is -1.02. The lowest BCUT2D eigenvalue weighted by Gasteiger charge is -1.86. The van der Waals surface area contributed by atoms with Crippen molar-refractivity contribution in [1.29, 1.82) is 0 Å². The SMILES string of the molecule is CCOCC.Nc1ccccc1. The highest BCUT2D eigenvalue weighted by Gasteiger charge is 1.72. The van der Waals surface area contributed by atoms with Crippen molar-refractivity contribution >= 4 is 5.69 Å². The molecule has 0 bridgehead atoms. The summed E-state index contributed by atoms with van der Waals surface area (Å²) in [6, 6.07) is 9.49. The van der Waals surface area contributed by atoms with Gasteiger partial charge in [0.1, 0.15) is 0 Å². The highest BCUT2D eigenvalue weighted by Crippen LogP contribution is 1.95. The fraction of sp³-hybridized carbons (Fsp3) is 0.400. The number of benzene rings is 1. The van der Waals surface area contributed by atoms with Gasteiger partial charge in [-0.3, -0.25) is 0 Å². The Bertz CT molecular complexity index is 172. The summed E-state index contributed by atoms with van der Waals surface area (Å²) in [6.07, 6.45) is 0. The highest BCUT2D eigenvalue weighted by molar-refractivity contribution is 5.35. The molecule has 0 saturated carbocycles. The maximum atomic E-state index is 5.36. The van der Waals surface area contributed by atoms with Gasteiger partial charge in [0, 0.05) is 18.9 Å². The second-order valence-electron chi connectivity index (χ2n) is 2.19. The molecule has 0 atom stereocenters. The molecule has 1 rings (SSSR count). The minimum absolute atomic E-state index is 0.822. The topological polar surface area (TPSA) is 35.2 Å². The minimum Gasteiger partial charge on any atom is -0.399 e. The van der Waals surface area contributed by atoms with E-state index < -0.39 is 0 Å². The van der Waals surface area contributed by atoms with Crippen LogP contribution in [0.2, 0.25) is 0 Å². The molecular weight excluding hydrogens is 150 g/mol. The van der Waals surface area contributed by atoms with Gasteiger partial charge in [-0.05, 0) is 26.0 Å². The molecule has 2 heteroatoms. The first-order valence-corrected chi connectivity index (χ1v) is 4.19.